The molecule has 0 heterocycles. The molecule has 0 N–H and O–H groups in total. The van der Waals surface area contributed by atoms with Gasteiger partial charge < -0.3 is 28.1 Å². The fourth-order valence-electron chi connectivity index (χ4n) is 16.1. The van der Waals surface area contributed by atoms with Crippen molar-refractivity contribution in [1.82, 2.24) is 0 Å². The van der Waals surface area contributed by atoms with Gasteiger partial charge in [0.1, 0.15) is 20.2 Å². The summed E-state index contributed by atoms with van der Waals surface area (Å²) >= 11 is 0. The number of benzene rings is 2. The van der Waals surface area contributed by atoms with Crippen molar-refractivity contribution >= 4 is 81.9 Å². The molecule has 2 aromatic rings. The summed E-state index contributed by atoms with van der Waals surface area (Å²) < 4.78 is 93.8. The molecule has 0 aromatic heterocycles. The molecule has 0 aliphatic carbocycles. The van der Waals surface area contributed by atoms with Crippen LogP contribution in [0.2, 0.25) is 0 Å². The SMILES string of the molecule is C=CCCCCCCCCCCCCCCCCCCCCOC(=O)c1cccc(S(=O)(=O)[O-])c1C(=O)OCCCCCCCCCCCCCCCCCCCCC=C.C=CCCCCCCCCCCCCCCCCCCCCOC(=O)c1cccc(S(=O)(=O)[O-])c1C(=O)OCCCCCCCCCCCCCCCCCCCCC=C.[Ca+2]. The molecule has 0 aliphatic rings. The number of hydrogen-bond acceptors (Lipinski definition) is 14. The number of carbonyl (C=O) groups excluding carboxylic acids is 4. The molecule has 17 heteroatoms. The Morgan fingerprint density at radius 2 is 0.355 bits per heavy atom. The molecule has 0 radical (unpaired) electrons. The molecule has 2 aromatic carbocycles. The topological polar surface area (TPSA) is 220 Å². The third-order valence-electron chi connectivity index (χ3n) is 23.6. The van der Waals surface area contributed by atoms with Crippen molar-refractivity contribution in [2.45, 2.75) is 498 Å². The first kappa shape index (κ1) is 117. The van der Waals surface area contributed by atoms with Gasteiger partial charge in [0.2, 0.25) is 0 Å². The average molecular weight is 1760 g/mol. The van der Waals surface area contributed by atoms with Gasteiger partial charge in [0.15, 0.2) is 0 Å². The minimum absolute atomic E-state index is 0. The molecular weight excluding hydrogens is 1580 g/mol. The van der Waals surface area contributed by atoms with Crippen molar-refractivity contribution in [2.75, 3.05) is 26.4 Å². The van der Waals surface area contributed by atoms with Crippen LogP contribution in [0.15, 0.2) is 96.8 Å². The van der Waals surface area contributed by atoms with E-state index in [1.807, 2.05) is 24.3 Å². The van der Waals surface area contributed by atoms with Gasteiger partial charge in [0.05, 0.1) is 58.5 Å². The Balaban J connectivity index is 0.00000236. The predicted molar refractivity (Wildman–Crippen MR) is 507 cm³/mol. The van der Waals surface area contributed by atoms with Crippen LogP contribution in [0.1, 0.15) is 529 Å². The van der Waals surface area contributed by atoms with E-state index in [0.717, 1.165) is 115 Å². The van der Waals surface area contributed by atoms with E-state index in [1.54, 1.807) is 0 Å². The molecule has 0 saturated heterocycles. The van der Waals surface area contributed by atoms with Gasteiger partial charge in [-0.3, -0.25) is 0 Å². The van der Waals surface area contributed by atoms with Gasteiger partial charge in [-0.15, -0.1) is 26.3 Å². The summed E-state index contributed by atoms with van der Waals surface area (Å²) in [6, 6.07) is 7.29. The second-order valence-electron chi connectivity index (χ2n) is 34.6. The number of hydrogen-bond donors (Lipinski definition) is 0. The number of carbonyl (C=O) groups is 4. The van der Waals surface area contributed by atoms with E-state index in [2.05, 4.69) is 26.3 Å². The van der Waals surface area contributed by atoms with E-state index in [1.165, 1.54) is 384 Å². The van der Waals surface area contributed by atoms with Crippen molar-refractivity contribution < 1.29 is 64.1 Å². The predicted octanol–water partition coefficient (Wildman–Crippen LogP) is 31.8. The Bertz CT molecular complexity index is 2820. The number of ether oxygens (including phenoxy) is 4. The number of allylic oxidation sites excluding steroid dienone is 4. The molecule has 2 rings (SSSR count). The summed E-state index contributed by atoms with van der Waals surface area (Å²) in [5, 5.41) is 0. The number of esters is 4. The molecule has 0 bridgehead atoms. The van der Waals surface area contributed by atoms with Crippen LogP contribution in [0.3, 0.4) is 0 Å². The van der Waals surface area contributed by atoms with Crippen LogP contribution in [0.25, 0.3) is 0 Å². The van der Waals surface area contributed by atoms with E-state index in [4.69, 9.17) is 18.9 Å². The van der Waals surface area contributed by atoms with Gasteiger partial charge in [-0.1, -0.05) is 447 Å². The van der Waals surface area contributed by atoms with Crippen LogP contribution >= 0.6 is 0 Å². The summed E-state index contributed by atoms with van der Waals surface area (Å²) in [7, 11) is -10.0. The number of rotatable bonds is 90. The molecule has 0 fully saturated rings. The minimum atomic E-state index is -5.02. The zero-order valence-corrected chi connectivity index (χ0v) is 81.3. The van der Waals surface area contributed by atoms with Crippen molar-refractivity contribution in [3.8, 4) is 0 Å². The monoisotopic (exact) mass is 1760 g/mol. The zero-order chi connectivity index (χ0) is 87.2. The molecule has 0 saturated carbocycles. The van der Waals surface area contributed by atoms with Gasteiger partial charge >= 0.3 is 61.6 Å². The molecule has 14 nitrogen and oxygen atoms in total. The molecule has 0 spiro atoms. The first-order valence-electron chi connectivity index (χ1n) is 49.9. The maximum absolute atomic E-state index is 13.1. The molecule has 0 aliphatic heterocycles. The molecule has 121 heavy (non-hydrogen) atoms. The van der Waals surface area contributed by atoms with Crippen LogP contribution in [-0.4, -0.2) is 114 Å². The molecular formula is C104H178CaO14S2. The van der Waals surface area contributed by atoms with E-state index < -0.39 is 65.0 Å². The maximum Gasteiger partial charge on any atom is 2.00 e. The third-order valence-corrected chi connectivity index (χ3v) is 25.3. The van der Waals surface area contributed by atoms with Crippen molar-refractivity contribution in [1.29, 1.82) is 0 Å². The van der Waals surface area contributed by atoms with Gasteiger partial charge in [0, 0.05) is 0 Å². The number of unbranched alkanes of at least 4 members (excludes halogenated alkanes) is 72. The Labute approximate surface area is 773 Å². The fourth-order valence-corrected chi connectivity index (χ4v) is 17.5. The van der Waals surface area contributed by atoms with Gasteiger partial charge in [-0.05, 0) is 101 Å². The quantitative estimate of drug-likeness (QED) is 0.0150. The maximum atomic E-state index is 13.1. The molecule has 0 amide bonds. The van der Waals surface area contributed by atoms with Gasteiger partial charge in [-0.25, -0.2) is 36.0 Å². The summed E-state index contributed by atoms with van der Waals surface area (Å²) in [5.74, 6) is -3.61. The summed E-state index contributed by atoms with van der Waals surface area (Å²) in [6.45, 7) is 15.7. The second kappa shape index (κ2) is 88.4. The van der Waals surface area contributed by atoms with Crippen LogP contribution < -0.4 is 0 Å². The van der Waals surface area contributed by atoms with Crippen molar-refractivity contribution in [2.24, 2.45) is 0 Å². The standard InChI is InChI=1S/2C52H90O7S.Ca/c2*1-3-5-7-9-11-13-15-17-19-21-23-25-27-29-31-33-35-37-39-41-46-58-51(53)48-44-43-45-49(60(55,56)57)50(48)52(54)59-47-42-40-38-36-34-32-30-28-26-24-22-20-18-16-14-12-10-8-6-4-2;/h2*3-4,43-45H,1-2,5-42,46-47H2,(H,55,56,57);/q;;+2/p-2. The fraction of sp³-hybridized carbons (Fsp3) is 0.769. The molecule has 0 unspecified atom stereocenters. The van der Waals surface area contributed by atoms with Gasteiger partial charge in [0.25, 0.3) is 0 Å². The normalized spacial score (nSPS) is 11.4. The van der Waals surface area contributed by atoms with Crippen LogP contribution in [0.5, 0.6) is 0 Å². The smallest absolute Gasteiger partial charge is 0.744 e. The first-order valence-corrected chi connectivity index (χ1v) is 52.8. The molecule has 0 atom stereocenters. The van der Waals surface area contributed by atoms with Crippen LogP contribution in [0, 0.1) is 0 Å². The van der Waals surface area contributed by atoms with Crippen molar-refractivity contribution in [3.63, 3.8) is 0 Å². The summed E-state index contributed by atoms with van der Waals surface area (Å²) in [4.78, 5) is 50.6. The Morgan fingerprint density at radius 3 is 0.496 bits per heavy atom. The van der Waals surface area contributed by atoms with E-state index in [0.29, 0.717) is 25.7 Å². The first-order chi connectivity index (χ1) is 58.6. The third kappa shape index (κ3) is 73.0. The zero-order valence-electron chi connectivity index (χ0n) is 77.4. The van der Waals surface area contributed by atoms with E-state index in [9.17, 15) is 45.1 Å². The van der Waals surface area contributed by atoms with Gasteiger partial charge in [-0.2, -0.15) is 0 Å². The largest absolute Gasteiger partial charge is 2.00 e. The average Bonchev–Trinajstić information content (AvgIpc) is 0.796. The van der Waals surface area contributed by atoms with E-state index >= 15 is 0 Å². The Hall–Kier alpha value is -3.64. The second-order valence-corrected chi connectivity index (χ2v) is 37.3. The minimum Gasteiger partial charge on any atom is -0.744 e. The molecule has 692 valence electrons. The summed E-state index contributed by atoms with van der Waals surface area (Å²) in [6.07, 6.45) is 102. The Kier molecular flexibility index (Phi) is 85.7. The van der Waals surface area contributed by atoms with E-state index in [-0.39, 0.29) is 75.3 Å². The van der Waals surface area contributed by atoms with Crippen molar-refractivity contribution in [3.05, 3.63) is 109 Å². The van der Waals surface area contributed by atoms with Crippen LogP contribution in [-0.2, 0) is 39.2 Å². The van der Waals surface area contributed by atoms with Crippen LogP contribution in [0.4, 0.5) is 0 Å². The Morgan fingerprint density at radius 1 is 0.223 bits per heavy atom. The summed E-state index contributed by atoms with van der Waals surface area (Å²) in [5.41, 5.74) is -1.54.